The molecule has 0 aliphatic heterocycles. The number of hydrogen-bond acceptors (Lipinski definition) is 3. The number of imidazole rings is 1. The summed E-state index contributed by atoms with van der Waals surface area (Å²) in [4.78, 5) is 18.2. The molecule has 2 N–H and O–H groups in total. The average Bonchev–Trinajstić information content (AvgIpc) is 2.49. The lowest BCUT2D eigenvalue weighted by molar-refractivity contribution is 0.997. The standard InChI is InChI=1S/C7H8N4O/c1-2-5-9-4-3-8-11-7(12)6(4)10-5/h3H,2H2,1H3,(H,9,10)(H,11,12). The van der Waals surface area contributed by atoms with Crippen molar-refractivity contribution in [3.8, 4) is 0 Å². The molecule has 2 heterocycles. The SMILES string of the molecule is CCc1nc2c(=O)[nH]ncc2[nH]1. The minimum atomic E-state index is -0.247. The van der Waals surface area contributed by atoms with E-state index in [-0.39, 0.29) is 5.56 Å². The fourth-order valence-corrected chi connectivity index (χ4v) is 1.08. The highest BCUT2D eigenvalue weighted by Gasteiger charge is 2.03. The molecule has 0 saturated heterocycles. The van der Waals surface area contributed by atoms with Crippen LogP contribution in [0.15, 0.2) is 11.0 Å². The Morgan fingerprint density at radius 1 is 1.58 bits per heavy atom. The van der Waals surface area contributed by atoms with E-state index in [1.165, 1.54) is 0 Å². The lowest BCUT2D eigenvalue weighted by Crippen LogP contribution is -2.06. The number of hydrogen-bond donors (Lipinski definition) is 2. The van der Waals surface area contributed by atoms with E-state index in [1.807, 2.05) is 6.92 Å². The molecule has 12 heavy (non-hydrogen) atoms. The van der Waals surface area contributed by atoms with E-state index in [0.29, 0.717) is 11.0 Å². The van der Waals surface area contributed by atoms with Gasteiger partial charge in [-0.25, -0.2) is 10.1 Å². The Morgan fingerprint density at radius 3 is 3.08 bits per heavy atom. The monoisotopic (exact) mass is 164 g/mol. The van der Waals surface area contributed by atoms with Gasteiger partial charge in [-0.2, -0.15) is 5.10 Å². The van der Waals surface area contributed by atoms with Gasteiger partial charge in [0.05, 0.1) is 11.7 Å². The molecule has 5 nitrogen and oxygen atoms in total. The molecule has 0 fully saturated rings. The third kappa shape index (κ3) is 0.903. The summed E-state index contributed by atoms with van der Waals surface area (Å²) in [5.74, 6) is 0.809. The number of fused-ring (bicyclic) bond motifs is 1. The normalized spacial score (nSPS) is 10.8. The van der Waals surface area contributed by atoms with E-state index >= 15 is 0 Å². The zero-order valence-corrected chi connectivity index (χ0v) is 6.59. The second-order valence-corrected chi connectivity index (χ2v) is 2.50. The molecule has 2 aromatic heterocycles. The van der Waals surface area contributed by atoms with Crippen molar-refractivity contribution >= 4 is 11.0 Å². The van der Waals surface area contributed by atoms with Crippen molar-refractivity contribution in [1.29, 1.82) is 0 Å². The molecule has 0 saturated carbocycles. The van der Waals surface area contributed by atoms with Crippen LogP contribution in [0.25, 0.3) is 11.0 Å². The number of H-pyrrole nitrogens is 2. The molecular weight excluding hydrogens is 156 g/mol. The molecule has 0 aliphatic rings. The molecule has 2 rings (SSSR count). The van der Waals surface area contributed by atoms with Gasteiger partial charge in [0.25, 0.3) is 5.56 Å². The average molecular weight is 164 g/mol. The number of aromatic amines is 2. The zero-order chi connectivity index (χ0) is 8.55. The smallest absolute Gasteiger partial charge is 0.292 e. The van der Waals surface area contributed by atoms with Gasteiger partial charge < -0.3 is 4.98 Å². The predicted molar refractivity (Wildman–Crippen MR) is 43.9 cm³/mol. The predicted octanol–water partition coefficient (Wildman–Crippen LogP) is 0.209. The van der Waals surface area contributed by atoms with Crippen LogP contribution in [0.2, 0.25) is 0 Å². The van der Waals surface area contributed by atoms with Gasteiger partial charge in [0.15, 0.2) is 5.52 Å². The first-order valence-corrected chi connectivity index (χ1v) is 3.73. The Bertz CT molecular complexity index is 456. The highest BCUT2D eigenvalue weighted by molar-refractivity contribution is 5.72. The Balaban J connectivity index is 2.83. The number of rotatable bonds is 1. The van der Waals surface area contributed by atoms with Gasteiger partial charge in [-0.3, -0.25) is 4.79 Å². The van der Waals surface area contributed by atoms with Gasteiger partial charge in [0.1, 0.15) is 5.82 Å². The van der Waals surface area contributed by atoms with E-state index < -0.39 is 0 Å². The van der Waals surface area contributed by atoms with Crippen molar-refractivity contribution in [3.63, 3.8) is 0 Å². The van der Waals surface area contributed by atoms with Crippen LogP contribution < -0.4 is 5.56 Å². The summed E-state index contributed by atoms with van der Waals surface area (Å²) in [6.45, 7) is 1.97. The van der Waals surface area contributed by atoms with Crippen LogP contribution >= 0.6 is 0 Å². The fraction of sp³-hybridized carbons (Fsp3) is 0.286. The molecule has 0 aromatic carbocycles. The van der Waals surface area contributed by atoms with E-state index in [1.54, 1.807) is 6.20 Å². The first-order valence-electron chi connectivity index (χ1n) is 3.73. The van der Waals surface area contributed by atoms with Crippen LogP contribution in [-0.2, 0) is 6.42 Å². The van der Waals surface area contributed by atoms with Crippen molar-refractivity contribution in [2.45, 2.75) is 13.3 Å². The van der Waals surface area contributed by atoms with Crippen LogP contribution in [-0.4, -0.2) is 20.2 Å². The third-order valence-electron chi connectivity index (χ3n) is 1.69. The van der Waals surface area contributed by atoms with Gasteiger partial charge in [-0.1, -0.05) is 6.92 Å². The van der Waals surface area contributed by atoms with Crippen LogP contribution in [0.1, 0.15) is 12.7 Å². The molecule has 0 unspecified atom stereocenters. The lowest BCUT2D eigenvalue weighted by Gasteiger charge is -1.82. The summed E-state index contributed by atoms with van der Waals surface area (Å²) in [7, 11) is 0. The maximum Gasteiger partial charge on any atom is 0.292 e. The van der Waals surface area contributed by atoms with Gasteiger partial charge in [-0.15, -0.1) is 0 Å². The van der Waals surface area contributed by atoms with Gasteiger partial charge >= 0.3 is 0 Å². The topological polar surface area (TPSA) is 74.4 Å². The van der Waals surface area contributed by atoms with Gasteiger partial charge in [-0.05, 0) is 0 Å². The van der Waals surface area contributed by atoms with E-state index in [9.17, 15) is 4.79 Å². The quantitative estimate of drug-likeness (QED) is 0.632. The van der Waals surface area contributed by atoms with Crippen LogP contribution in [0.4, 0.5) is 0 Å². The molecule has 0 aliphatic carbocycles. The van der Waals surface area contributed by atoms with E-state index in [2.05, 4.69) is 20.2 Å². The Labute approximate surface area is 67.8 Å². The summed E-state index contributed by atoms with van der Waals surface area (Å²) in [6.07, 6.45) is 2.34. The summed E-state index contributed by atoms with van der Waals surface area (Å²) in [6, 6.07) is 0. The van der Waals surface area contributed by atoms with Crippen molar-refractivity contribution in [2.75, 3.05) is 0 Å². The molecule has 2 aromatic rings. The lowest BCUT2D eigenvalue weighted by atomic mass is 10.5. The van der Waals surface area contributed by atoms with Gasteiger partial charge in [0, 0.05) is 6.42 Å². The summed E-state index contributed by atoms with van der Waals surface area (Å²) in [5, 5.41) is 5.97. The molecule has 0 bridgehead atoms. The molecule has 5 heteroatoms. The second kappa shape index (κ2) is 2.44. The largest absolute Gasteiger partial charge is 0.340 e. The van der Waals surface area contributed by atoms with Crippen molar-refractivity contribution in [2.24, 2.45) is 0 Å². The van der Waals surface area contributed by atoms with Crippen molar-refractivity contribution in [3.05, 3.63) is 22.4 Å². The summed E-state index contributed by atoms with van der Waals surface area (Å²) < 4.78 is 0. The maximum atomic E-state index is 11.1. The van der Waals surface area contributed by atoms with Crippen molar-refractivity contribution in [1.82, 2.24) is 20.2 Å². The Kier molecular flexibility index (Phi) is 1.43. The van der Waals surface area contributed by atoms with Crippen LogP contribution in [0, 0.1) is 0 Å². The first-order chi connectivity index (χ1) is 5.81. The molecule has 62 valence electrons. The molecule has 0 radical (unpaired) electrons. The highest BCUT2D eigenvalue weighted by Crippen LogP contribution is 2.03. The number of nitrogens with one attached hydrogen (secondary N) is 2. The molecular formula is C7H8N4O. The Hall–Kier alpha value is -1.65. The minimum absolute atomic E-state index is 0.247. The minimum Gasteiger partial charge on any atom is -0.340 e. The summed E-state index contributed by atoms with van der Waals surface area (Å²) >= 11 is 0. The number of aryl methyl sites for hydroxylation is 1. The summed E-state index contributed by atoms with van der Waals surface area (Å²) in [5.41, 5.74) is 0.876. The highest BCUT2D eigenvalue weighted by atomic mass is 16.1. The van der Waals surface area contributed by atoms with E-state index in [0.717, 1.165) is 12.2 Å². The number of aromatic nitrogens is 4. The third-order valence-corrected chi connectivity index (χ3v) is 1.69. The van der Waals surface area contributed by atoms with Crippen LogP contribution in [0.3, 0.4) is 0 Å². The number of nitrogens with zero attached hydrogens (tertiary/aromatic N) is 2. The maximum absolute atomic E-state index is 11.1. The fourth-order valence-electron chi connectivity index (χ4n) is 1.08. The van der Waals surface area contributed by atoms with Gasteiger partial charge in [0.2, 0.25) is 0 Å². The molecule has 0 amide bonds. The first kappa shape index (κ1) is 7.02. The zero-order valence-electron chi connectivity index (χ0n) is 6.59. The molecule has 0 atom stereocenters. The second-order valence-electron chi connectivity index (χ2n) is 2.50. The van der Waals surface area contributed by atoms with Crippen molar-refractivity contribution < 1.29 is 0 Å². The van der Waals surface area contributed by atoms with Crippen LogP contribution in [0.5, 0.6) is 0 Å². The van der Waals surface area contributed by atoms with E-state index in [4.69, 9.17) is 0 Å². The Morgan fingerprint density at radius 2 is 2.42 bits per heavy atom. The molecule has 0 spiro atoms.